The maximum atomic E-state index is 11.3. The van der Waals surface area contributed by atoms with Crippen molar-refractivity contribution in [1.82, 2.24) is 4.90 Å². The Morgan fingerprint density at radius 1 is 1.20 bits per heavy atom. The van der Waals surface area contributed by atoms with Gasteiger partial charge in [-0.2, -0.15) is 0 Å². The Morgan fingerprint density at radius 3 is 2.33 bits per heavy atom. The van der Waals surface area contributed by atoms with Crippen LogP contribution in [0.3, 0.4) is 0 Å². The van der Waals surface area contributed by atoms with E-state index in [0.29, 0.717) is 5.56 Å². The van der Waals surface area contributed by atoms with E-state index in [0.717, 1.165) is 11.8 Å². The molecule has 0 bridgehead atoms. The van der Waals surface area contributed by atoms with Gasteiger partial charge in [0.15, 0.2) is 6.29 Å². The van der Waals surface area contributed by atoms with Crippen LogP contribution in [0.1, 0.15) is 15.9 Å². The SMILES string of the molecule is CN(C)C(=O)/C=C/c1ccccc1C=O. The Morgan fingerprint density at radius 2 is 1.80 bits per heavy atom. The fourth-order valence-corrected chi connectivity index (χ4v) is 1.08. The molecule has 0 unspecified atom stereocenters. The zero-order chi connectivity index (χ0) is 11.3. The van der Waals surface area contributed by atoms with E-state index in [-0.39, 0.29) is 5.91 Å². The van der Waals surface area contributed by atoms with Crippen molar-refractivity contribution in [1.29, 1.82) is 0 Å². The molecular formula is C12H13NO2. The van der Waals surface area contributed by atoms with Crippen molar-refractivity contribution >= 4 is 18.3 Å². The predicted molar refractivity (Wildman–Crippen MR) is 59.6 cm³/mol. The van der Waals surface area contributed by atoms with E-state index in [1.807, 2.05) is 6.07 Å². The van der Waals surface area contributed by atoms with Crippen LogP contribution in [0.2, 0.25) is 0 Å². The molecule has 0 spiro atoms. The van der Waals surface area contributed by atoms with Gasteiger partial charge in [-0.3, -0.25) is 9.59 Å². The molecule has 0 aliphatic rings. The zero-order valence-corrected chi connectivity index (χ0v) is 8.81. The van der Waals surface area contributed by atoms with E-state index in [4.69, 9.17) is 0 Å². The molecule has 78 valence electrons. The summed E-state index contributed by atoms with van der Waals surface area (Å²) >= 11 is 0. The molecule has 0 saturated heterocycles. The first-order valence-electron chi connectivity index (χ1n) is 4.58. The van der Waals surface area contributed by atoms with Crippen molar-refractivity contribution in [2.24, 2.45) is 0 Å². The van der Waals surface area contributed by atoms with E-state index in [1.54, 1.807) is 38.4 Å². The molecule has 1 aromatic carbocycles. The molecule has 1 rings (SSSR count). The molecule has 0 fully saturated rings. The minimum Gasteiger partial charge on any atom is -0.345 e. The lowest BCUT2D eigenvalue weighted by molar-refractivity contribution is -0.123. The largest absolute Gasteiger partial charge is 0.345 e. The van der Waals surface area contributed by atoms with Crippen molar-refractivity contribution in [2.75, 3.05) is 14.1 Å². The Hall–Kier alpha value is -1.90. The van der Waals surface area contributed by atoms with Crippen molar-refractivity contribution in [3.05, 3.63) is 41.5 Å². The monoisotopic (exact) mass is 203 g/mol. The molecule has 0 aliphatic carbocycles. The number of aldehydes is 1. The van der Waals surface area contributed by atoms with Crippen LogP contribution in [0.15, 0.2) is 30.3 Å². The third-order valence-corrected chi connectivity index (χ3v) is 1.97. The summed E-state index contributed by atoms with van der Waals surface area (Å²) in [5.41, 5.74) is 1.34. The number of hydrogen-bond acceptors (Lipinski definition) is 2. The van der Waals surface area contributed by atoms with Gasteiger partial charge in [0, 0.05) is 25.7 Å². The predicted octanol–water partition coefficient (Wildman–Crippen LogP) is 1.60. The standard InChI is InChI=1S/C12H13NO2/c1-13(2)12(15)8-7-10-5-3-4-6-11(10)9-14/h3-9H,1-2H3/b8-7+. The summed E-state index contributed by atoms with van der Waals surface area (Å²) in [7, 11) is 3.36. The average Bonchev–Trinajstić information content (AvgIpc) is 2.26. The third kappa shape index (κ3) is 3.06. The minimum absolute atomic E-state index is 0.101. The molecule has 1 aromatic rings. The lowest BCUT2D eigenvalue weighted by atomic mass is 10.1. The number of rotatable bonds is 3. The van der Waals surface area contributed by atoms with E-state index >= 15 is 0 Å². The van der Waals surface area contributed by atoms with Crippen LogP contribution in [0.25, 0.3) is 6.08 Å². The highest BCUT2D eigenvalue weighted by molar-refractivity contribution is 5.93. The van der Waals surface area contributed by atoms with E-state index in [9.17, 15) is 9.59 Å². The van der Waals surface area contributed by atoms with Gasteiger partial charge in [0.2, 0.25) is 5.91 Å². The minimum atomic E-state index is -0.101. The van der Waals surface area contributed by atoms with E-state index in [2.05, 4.69) is 0 Å². The van der Waals surface area contributed by atoms with Crippen LogP contribution in [0, 0.1) is 0 Å². The second-order valence-electron chi connectivity index (χ2n) is 3.31. The topological polar surface area (TPSA) is 37.4 Å². The quantitative estimate of drug-likeness (QED) is 0.552. The lowest BCUT2D eigenvalue weighted by Gasteiger charge is -2.05. The number of benzene rings is 1. The molecule has 0 aromatic heterocycles. The molecule has 0 saturated carbocycles. The highest BCUT2D eigenvalue weighted by Gasteiger charge is 1.99. The average molecular weight is 203 g/mol. The summed E-state index contributed by atoms with van der Waals surface area (Å²) in [5, 5.41) is 0. The van der Waals surface area contributed by atoms with E-state index in [1.165, 1.54) is 11.0 Å². The fraction of sp³-hybridized carbons (Fsp3) is 0.167. The summed E-state index contributed by atoms with van der Waals surface area (Å²) in [6, 6.07) is 7.12. The fourth-order valence-electron chi connectivity index (χ4n) is 1.08. The molecule has 1 amide bonds. The van der Waals surface area contributed by atoms with Crippen LogP contribution in [0.4, 0.5) is 0 Å². The van der Waals surface area contributed by atoms with Gasteiger partial charge in [0.25, 0.3) is 0 Å². The van der Waals surface area contributed by atoms with Gasteiger partial charge >= 0.3 is 0 Å². The van der Waals surface area contributed by atoms with Crippen molar-refractivity contribution in [3.8, 4) is 0 Å². The van der Waals surface area contributed by atoms with Gasteiger partial charge in [-0.1, -0.05) is 24.3 Å². The van der Waals surface area contributed by atoms with Gasteiger partial charge in [0.1, 0.15) is 0 Å². The maximum absolute atomic E-state index is 11.3. The summed E-state index contributed by atoms with van der Waals surface area (Å²) in [6.45, 7) is 0. The molecule has 3 heteroatoms. The Bertz CT molecular complexity index is 394. The van der Waals surface area contributed by atoms with Crippen LogP contribution >= 0.6 is 0 Å². The summed E-state index contributed by atoms with van der Waals surface area (Å²) in [5.74, 6) is -0.101. The third-order valence-electron chi connectivity index (χ3n) is 1.97. The molecule has 0 heterocycles. The lowest BCUT2D eigenvalue weighted by Crippen LogP contribution is -2.18. The second kappa shape index (κ2) is 5.10. The van der Waals surface area contributed by atoms with Crippen molar-refractivity contribution in [3.63, 3.8) is 0 Å². The molecule has 0 N–H and O–H groups in total. The number of carbonyl (C=O) groups is 2. The number of amides is 1. The number of likely N-dealkylation sites (N-methyl/N-ethyl adjacent to an activating group) is 1. The van der Waals surface area contributed by atoms with Crippen LogP contribution in [0.5, 0.6) is 0 Å². The maximum Gasteiger partial charge on any atom is 0.246 e. The number of nitrogens with zero attached hydrogens (tertiary/aromatic N) is 1. The smallest absolute Gasteiger partial charge is 0.246 e. The molecular weight excluding hydrogens is 190 g/mol. The highest BCUT2D eigenvalue weighted by Crippen LogP contribution is 2.08. The highest BCUT2D eigenvalue weighted by atomic mass is 16.2. The summed E-state index contributed by atoms with van der Waals surface area (Å²) < 4.78 is 0. The molecule has 0 aliphatic heterocycles. The summed E-state index contributed by atoms with van der Waals surface area (Å²) in [4.78, 5) is 23.4. The molecule has 0 radical (unpaired) electrons. The van der Waals surface area contributed by atoms with Crippen LogP contribution < -0.4 is 0 Å². The van der Waals surface area contributed by atoms with Crippen molar-refractivity contribution < 1.29 is 9.59 Å². The van der Waals surface area contributed by atoms with Crippen molar-refractivity contribution in [2.45, 2.75) is 0 Å². The van der Waals surface area contributed by atoms with Crippen LogP contribution in [-0.2, 0) is 4.79 Å². The molecule has 3 nitrogen and oxygen atoms in total. The Kier molecular flexibility index (Phi) is 3.80. The number of carbonyl (C=O) groups excluding carboxylic acids is 2. The first-order chi connectivity index (χ1) is 7.15. The summed E-state index contributed by atoms with van der Waals surface area (Å²) in [6.07, 6.45) is 3.87. The van der Waals surface area contributed by atoms with Gasteiger partial charge in [0.05, 0.1) is 0 Å². The van der Waals surface area contributed by atoms with Crippen LogP contribution in [-0.4, -0.2) is 31.2 Å². The molecule has 0 atom stereocenters. The first kappa shape index (κ1) is 11.2. The Labute approximate surface area is 89.0 Å². The first-order valence-corrected chi connectivity index (χ1v) is 4.58. The Balaban J connectivity index is 2.89. The van der Waals surface area contributed by atoms with Gasteiger partial charge in [-0.15, -0.1) is 0 Å². The van der Waals surface area contributed by atoms with E-state index < -0.39 is 0 Å². The zero-order valence-electron chi connectivity index (χ0n) is 8.81. The van der Waals surface area contributed by atoms with Gasteiger partial charge in [-0.05, 0) is 11.6 Å². The van der Waals surface area contributed by atoms with Gasteiger partial charge < -0.3 is 4.90 Å². The van der Waals surface area contributed by atoms with Gasteiger partial charge in [-0.25, -0.2) is 0 Å². The number of hydrogen-bond donors (Lipinski definition) is 0. The molecule has 15 heavy (non-hydrogen) atoms. The second-order valence-corrected chi connectivity index (χ2v) is 3.31. The normalized spacial score (nSPS) is 10.3.